The van der Waals surface area contributed by atoms with Gasteiger partial charge in [-0.15, -0.1) is 0 Å². The average molecular weight is 420 g/mol. The van der Waals surface area contributed by atoms with Gasteiger partial charge in [-0.25, -0.2) is 9.97 Å². The molecule has 1 unspecified atom stereocenters. The van der Waals surface area contributed by atoms with E-state index in [-0.39, 0.29) is 19.3 Å². The lowest BCUT2D eigenvalue weighted by molar-refractivity contribution is 0.271. The van der Waals surface area contributed by atoms with E-state index in [9.17, 15) is 5.11 Å². The number of rotatable bonds is 11. The molecule has 4 N–H and O–H groups in total. The number of benzene rings is 1. The van der Waals surface area contributed by atoms with Gasteiger partial charge in [-0.2, -0.15) is 4.98 Å². The predicted molar refractivity (Wildman–Crippen MR) is 116 cm³/mol. The fourth-order valence-electron chi connectivity index (χ4n) is 2.51. The van der Waals surface area contributed by atoms with E-state index in [1.807, 2.05) is 25.1 Å². The third-order valence-corrected chi connectivity index (χ3v) is 6.04. The number of anilines is 2. The zero-order valence-corrected chi connectivity index (χ0v) is 17.4. The van der Waals surface area contributed by atoms with Crippen molar-refractivity contribution in [2.45, 2.75) is 36.7 Å². The van der Waals surface area contributed by atoms with Crippen molar-refractivity contribution < 1.29 is 10.2 Å². The van der Waals surface area contributed by atoms with Crippen LogP contribution < -0.4 is 10.6 Å². The van der Waals surface area contributed by atoms with Crippen LogP contribution in [0, 0.1) is 0 Å². The molecule has 0 bridgehead atoms. The molecule has 3 aromatic rings. The summed E-state index contributed by atoms with van der Waals surface area (Å²) in [6, 6.07) is 10.1. The third-order valence-electron chi connectivity index (χ3n) is 4.11. The fourth-order valence-corrected chi connectivity index (χ4v) is 4.19. The normalized spacial score (nSPS) is 12.2. The van der Waals surface area contributed by atoms with E-state index in [4.69, 9.17) is 10.1 Å². The number of nitrogens with zero attached hydrogens (tertiary/aromatic N) is 3. The van der Waals surface area contributed by atoms with Crippen LogP contribution >= 0.6 is 23.1 Å². The Morgan fingerprint density at radius 2 is 1.96 bits per heavy atom. The molecule has 28 heavy (non-hydrogen) atoms. The van der Waals surface area contributed by atoms with Crippen LogP contribution in [0.4, 0.5) is 10.9 Å². The van der Waals surface area contributed by atoms with Crippen molar-refractivity contribution in [3.05, 3.63) is 35.9 Å². The largest absolute Gasteiger partial charge is 0.396 e. The summed E-state index contributed by atoms with van der Waals surface area (Å²) in [7, 11) is 0. The first-order chi connectivity index (χ1) is 13.7. The van der Waals surface area contributed by atoms with Crippen LogP contribution in [0.5, 0.6) is 0 Å². The van der Waals surface area contributed by atoms with E-state index < -0.39 is 0 Å². The quantitative estimate of drug-likeness (QED) is 0.213. The van der Waals surface area contributed by atoms with Crippen LogP contribution in [0.2, 0.25) is 0 Å². The summed E-state index contributed by atoms with van der Waals surface area (Å²) in [5, 5.41) is 26.5. The SMILES string of the molecule is CCC(CO)Nc1nc(SCc2ccccc2)nc2nc(NCCCO)sc12. The van der Waals surface area contributed by atoms with Crippen LogP contribution in [0.15, 0.2) is 35.5 Å². The molecule has 150 valence electrons. The Morgan fingerprint density at radius 3 is 2.68 bits per heavy atom. The van der Waals surface area contributed by atoms with Crippen LogP contribution in [-0.2, 0) is 5.75 Å². The molecule has 1 atom stereocenters. The van der Waals surface area contributed by atoms with Gasteiger partial charge >= 0.3 is 0 Å². The molecule has 2 heterocycles. The number of thioether (sulfide) groups is 1. The molecular formula is C19H25N5O2S2. The van der Waals surface area contributed by atoms with E-state index in [2.05, 4.69) is 32.7 Å². The van der Waals surface area contributed by atoms with Crippen LogP contribution in [0.3, 0.4) is 0 Å². The minimum Gasteiger partial charge on any atom is -0.396 e. The monoisotopic (exact) mass is 419 g/mol. The predicted octanol–water partition coefficient (Wildman–Crippen LogP) is 3.36. The standard InChI is InChI=1S/C19H25N5O2S2/c1-2-14(11-26)21-16-15-17(22-18(28-15)20-9-6-10-25)24-19(23-16)27-12-13-7-4-3-5-8-13/h3-5,7-8,14,25-26H,2,6,9-12H2,1H3,(H2,20,21,22,23,24). The number of aromatic nitrogens is 3. The Labute approximate surface area is 172 Å². The summed E-state index contributed by atoms with van der Waals surface area (Å²) in [5.41, 5.74) is 1.84. The zero-order chi connectivity index (χ0) is 19.8. The molecule has 7 nitrogen and oxygen atoms in total. The molecule has 0 spiro atoms. The Hall–Kier alpha value is -1.94. The minimum atomic E-state index is -0.0713. The summed E-state index contributed by atoms with van der Waals surface area (Å²) < 4.78 is 0.863. The Balaban J connectivity index is 1.86. The number of thiazole rings is 1. The minimum absolute atomic E-state index is 0.0366. The third kappa shape index (κ3) is 5.54. The van der Waals surface area contributed by atoms with Crippen molar-refractivity contribution in [2.24, 2.45) is 0 Å². The van der Waals surface area contributed by atoms with Crippen molar-refractivity contribution >= 4 is 44.4 Å². The Kier molecular flexibility index (Phi) is 7.84. The van der Waals surface area contributed by atoms with Crippen LogP contribution in [0.1, 0.15) is 25.3 Å². The van der Waals surface area contributed by atoms with Gasteiger partial charge in [0.1, 0.15) is 4.70 Å². The van der Waals surface area contributed by atoms with Crippen molar-refractivity contribution in [1.29, 1.82) is 0 Å². The van der Waals surface area contributed by atoms with Crippen molar-refractivity contribution in [2.75, 3.05) is 30.4 Å². The smallest absolute Gasteiger partial charge is 0.191 e. The molecule has 0 saturated heterocycles. The van der Waals surface area contributed by atoms with E-state index in [1.165, 1.54) is 16.9 Å². The van der Waals surface area contributed by atoms with Gasteiger partial charge in [0.05, 0.1) is 12.6 Å². The topological polar surface area (TPSA) is 103 Å². The first-order valence-corrected chi connectivity index (χ1v) is 11.1. The van der Waals surface area contributed by atoms with Crippen LogP contribution in [-0.4, -0.2) is 51.0 Å². The van der Waals surface area contributed by atoms with Gasteiger partial charge < -0.3 is 20.8 Å². The van der Waals surface area contributed by atoms with Crippen molar-refractivity contribution in [3.8, 4) is 0 Å². The maximum absolute atomic E-state index is 9.57. The van der Waals surface area contributed by atoms with Gasteiger partial charge in [0.2, 0.25) is 0 Å². The van der Waals surface area contributed by atoms with Gasteiger partial charge in [-0.1, -0.05) is 60.4 Å². The highest BCUT2D eigenvalue weighted by Crippen LogP contribution is 2.33. The summed E-state index contributed by atoms with van der Waals surface area (Å²) >= 11 is 3.04. The molecule has 0 fully saturated rings. The second-order valence-corrected chi connectivity index (χ2v) is 8.18. The molecular weight excluding hydrogens is 394 g/mol. The molecule has 0 aliphatic rings. The summed E-state index contributed by atoms with van der Waals surface area (Å²) in [6.07, 6.45) is 1.45. The molecule has 0 aliphatic carbocycles. The van der Waals surface area contributed by atoms with Crippen molar-refractivity contribution in [1.82, 2.24) is 15.0 Å². The van der Waals surface area contributed by atoms with Gasteiger partial charge in [0, 0.05) is 18.9 Å². The zero-order valence-electron chi connectivity index (χ0n) is 15.8. The number of nitrogens with one attached hydrogen (secondary N) is 2. The molecule has 0 radical (unpaired) electrons. The number of aliphatic hydroxyl groups is 2. The maximum Gasteiger partial charge on any atom is 0.191 e. The second kappa shape index (κ2) is 10.6. The molecule has 1 aromatic carbocycles. The van der Waals surface area contributed by atoms with Gasteiger partial charge in [-0.05, 0) is 18.4 Å². The Bertz CT molecular complexity index is 871. The summed E-state index contributed by atoms with van der Waals surface area (Å²) in [4.78, 5) is 13.9. The average Bonchev–Trinajstić information content (AvgIpc) is 3.14. The van der Waals surface area contributed by atoms with E-state index in [1.54, 1.807) is 11.8 Å². The highest BCUT2D eigenvalue weighted by Gasteiger charge is 2.16. The number of hydrogen-bond donors (Lipinski definition) is 4. The van der Waals surface area contributed by atoms with Gasteiger partial charge in [-0.3, -0.25) is 0 Å². The van der Waals surface area contributed by atoms with Crippen LogP contribution in [0.25, 0.3) is 10.3 Å². The highest BCUT2D eigenvalue weighted by atomic mass is 32.2. The first-order valence-electron chi connectivity index (χ1n) is 9.31. The number of aliphatic hydroxyl groups excluding tert-OH is 2. The molecule has 0 amide bonds. The maximum atomic E-state index is 9.57. The number of hydrogen-bond acceptors (Lipinski definition) is 9. The first kappa shape index (κ1) is 20.8. The van der Waals surface area contributed by atoms with E-state index >= 15 is 0 Å². The second-order valence-electron chi connectivity index (χ2n) is 6.24. The highest BCUT2D eigenvalue weighted by molar-refractivity contribution is 7.98. The molecule has 2 aromatic heterocycles. The molecule has 0 saturated carbocycles. The molecule has 9 heteroatoms. The van der Waals surface area contributed by atoms with Gasteiger partial charge in [0.15, 0.2) is 21.8 Å². The lowest BCUT2D eigenvalue weighted by atomic mass is 10.2. The lowest BCUT2D eigenvalue weighted by Crippen LogP contribution is -2.23. The summed E-state index contributed by atoms with van der Waals surface area (Å²) in [6.45, 7) is 2.84. The lowest BCUT2D eigenvalue weighted by Gasteiger charge is -2.15. The number of fused-ring (bicyclic) bond motifs is 1. The van der Waals surface area contributed by atoms with Gasteiger partial charge in [0.25, 0.3) is 0 Å². The van der Waals surface area contributed by atoms with E-state index in [0.29, 0.717) is 29.6 Å². The fraction of sp³-hybridized carbons (Fsp3) is 0.421. The Morgan fingerprint density at radius 1 is 1.14 bits per heavy atom. The van der Waals surface area contributed by atoms with Crippen molar-refractivity contribution in [3.63, 3.8) is 0 Å². The van der Waals surface area contributed by atoms with E-state index in [0.717, 1.165) is 22.0 Å². The summed E-state index contributed by atoms with van der Waals surface area (Å²) in [5.74, 6) is 1.48. The molecule has 0 aliphatic heterocycles. The molecule has 3 rings (SSSR count).